The minimum Gasteiger partial charge on any atom is -0.466 e. The van der Waals surface area contributed by atoms with Crippen molar-refractivity contribution >= 4 is 5.97 Å². The first kappa shape index (κ1) is 12.2. The Morgan fingerprint density at radius 2 is 2.13 bits per heavy atom. The maximum absolute atomic E-state index is 10.8. The van der Waals surface area contributed by atoms with E-state index >= 15 is 0 Å². The third-order valence-electron chi connectivity index (χ3n) is 3.03. The Balaban J connectivity index is 2.25. The highest BCUT2D eigenvalue weighted by atomic mass is 16.5. The molecule has 1 saturated carbocycles. The van der Waals surface area contributed by atoms with Crippen molar-refractivity contribution in [1.82, 2.24) is 0 Å². The predicted octanol–water partition coefficient (Wildman–Crippen LogP) is 2.05. The first-order chi connectivity index (χ1) is 7.24. The normalized spacial score (nSPS) is 20.4. The van der Waals surface area contributed by atoms with Crippen LogP contribution in [0.3, 0.4) is 0 Å². The van der Waals surface area contributed by atoms with Crippen LogP contribution in [0.1, 0.15) is 38.5 Å². The molecule has 1 N–H and O–H groups in total. The van der Waals surface area contributed by atoms with Crippen LogP contribution in [0.2, 0.25) is 0 Å². The number of esters is 1. The van der Waals surface area contributed by atoms with Gasteiger partial charge >= 0.3 is 5.97 Å². The zero-order valence-corrected chi connectivity index (χ0v) is 9.32. The molecule has 3 heteroatoms. The number of hydrogen-bond acceptors (Lipinski definition) is 3. The van der Waals surface area contributed by atoms with Crippen molar-refractivity contribution in [3.8, 4) is 0 Å². The standard InChI is InChI=1S/C12H20O3/c1-15-12(14)9-5-8-11(13)10-6-3-2-4-7-10/h5,9-11,13H,2-4,6-8H2,1H3/b9-5+/t11-/m1/s1. The fourth-order valence-corrected chi connectivity index (χ4v) is 2.08. The summed E-state index contributed by atoms with van der Waals surface area (Å²) in [7, 11) is 1.35. The number of carbonyl (C=O) groups excluding carboxylic acids is 1. The number of carbonyl (C=O) groups is 1. The fourth-order valence-electron chi connectivity index (χ4n) is 2.08. The second kappa shape index (κ2) is 6.62. The molecular weight excluding hydrogens is 192 g/mol. The van der Waals surface area contributed by atoms with Crippen molar-refractivity contribution < 1.29 is 14.6 Å². The van der Waals surface area contributed by atoms with Gasteiger partial charge in [0.1, 0.15) is 0 Å². The molecule has 1 aliphatic rings. The lowest BCUT2D eigenvalue weighted by atomic mass is 9.84. The van der Waals surface area contributed by atoms with Crippen LogP contribution in [0, 0.1) is 5.92 Å². The number of aliphatic hydroxyl groups excluding tert-OH is 1. The van der Waals surface area contributed by atoms with E-state index in [1.165, 1.54) is 32.4 Å². The van der Waals surface area contributed by atoms with Gasteiger partial charge in [0.05, 0.1) is 13.2 Å². The van der Waals surface area contributed by atoms with Gasteiger partial charge in [0.15, 0.2) is 0 Å². The van der Waals surface area contributed by atoms with Gasteiger partial charge in [0, 0.05) is 6.08 Å². The van der Waals surface area contributed by atoms with E-state index in [9.17, 15) is 9.90 Å². The van der Waals surface area contributed by atoms with E-state index in [4.69, 9.17) is 0 Å². The molecule has 0 heterocycles. The number of rotatable bonds is 4. The topological polar surface area (TPSA) is 46.5 Å². The molecule has 0 unspecified atom stereocenters. The van der Waals surface area contributed by atoms with Crippen LogP contribution >= 0.6 is 0 Å². The van der Waals surface area contributed by atoms with E-state index in [2.05, 4.69) is 4.74 Å². The summed E-state index contributed by atoms with van der Waals surface area (Å²) in [5.74, 6) is 0.0619. The number of methoxy groups -OCH3 is 1. The van der Waals surface area contributed by atoms with Crippen molar-refractivity contribution in [3.63, 3.8) is 0 Å². The monoisotopic (exact) mass is 212 g/mol. The summed E-state index contributed by atoms with van der Waals surface area (Å²) in [6, 6.07) is 0. The van der Waals surface area contributed by atoms with Crippen molar-refractivity contribution in [3.05, 3.63) is 12.2 Å². The minimum atomic E-state index is -0.356. The van der Waals surface area contributed by atoms with Crippen LogP contribution in [-0.4, -0.2) is 24.3 Å². The van der Waals surface area contributed by atoms with E-state index in [1.807, 2.05) is 0 Å². The lowest BCUT2D eigenvalue weighted by molar-refractivity contribution is -0.134. The van der Waals surface area contributed by atoms with Crippen molar-refractivity contribution in [2.24, 2.45) is 5.92 Å². The average Bonchev–Trinajstić information content (AvgIpc) is 2.29. The molecule has 1 fully saturated rings. The third kappa shape index (κ3) is 4.47. The van der Waals surface area contributed by atoms with Crippen LogP contribution in [0.5, 0.6) is 0 Å². The maximum Gasteiger partial charge on any atom is 0.330 e. The van der Waals surface area contributed by atoms with Gasteiger partial charge in [-0.3, -0.25) is 0 Å². The van der Waals surface area contributed by atoms with Crippen LogP contribution in [0.25, 0.3) is 0 Å². The van der Waals surface area contributed by atoms with Gasteiger partial charge in [0.2, 0.25) is 0 Å². The molecule has 86 valence electrons. The van der Waals surface area contributed by atoms with Crippen molar-refractivity contribution in [2.75, 3.05) is 7.11 Å². The Morgan fingerprint density at radius 3 is 2.73 bits per heavy atom. The summed E-state index contributed by atoms with van der Waals surface area (Å²) in [6.07, 6.45) is 9.31. The molecule has 0 aliphatic heterocycles. The molecule has 1 rings (SSSR count). The van der Waals surface area contributed by atoms with Crippen LogP contribution in [-0.2, 0) is 9.53 Å². The van der Waals surface area contributed by atoms with Crippen LogP contribution < -0.4 is 0 Å². The highest BCUT2D eigenvalue weighted by Crippen LogP contribution is 2.27. The zero-order chi connectivity index (χ0) is 11.1. The second-order valence-electron chi connectivity index (χ2n) is 4.13. The van der Waals surface area contributed by atoms with Gasteiger partial charge in [-0.15, -0.1) is 0 Å². The zero-order valence-electron chi connectivity index (χ0n) is 9.32. The number of ether oxygens (including phenoxy) is 1. The van der Waals surface area contributed by atoms with E-state index in [0.717, 1.165) is 12.8 Å². The van der Waals surface area contributed by atoms with Gasteiger partial charge < -0.3 is 9.84 Å². The van der Waals surface area contributed by atoms with E-state index < -0.39 is 0 Å². The quantitative estimate of drug-likeness (QED) is 0.573. The highest BCUT2D eigenvalue weighted by molar-refractivity contribution is 5.81. The first-order valence-electron chi connectivity index (χ1n) is 5.66. The molecule has 1 aliphatic carbocycles. The Bertz CT molecular complexity index is 217. The van der Waals surface area contributed by atoms with Gasteiger partial charge in [0.25, 0.3) is 0 Å². The second-order valence-corrected chi connectivity index (χ2v) is 4.13. The average molecular weight is 212 g/mol. The third-order valence-corrected chi connectivity index (χ3v) is 3.03. The van der Waals surface area contributed by atoms with Gasteiger partial charge in [-0.1, -0.05) is 25.3 Å². The highest BCUT2D eigenvalue weighted by Gasteiger charge is 2.20. The van der Waals surface area contributed by atoms with E-state index in [1.54, 1.807) is 6.08 Å². The summed E-state index contributed by atoms with van der Waals surface area (Å²) in [4.78, 5) is 10.8. The molecule has 1 atom stereocenters. The fraction of sp³-hybridized carbons (Fsp3) is 0.750. The molecule has 0 amide bonds. The number of aliphatic hydroxyl groups is 1. The molecule has 0 bridgehead atoms. The van der Waals surface area contributed by atoms with E-state index in [-0.39, 0.29) is 12.1 Å². The van der Waals surface area contributed by atoms with Gasteiger partial charge in [-0.05, 0) is 25.2 Å². The molecular formula is C12H20O3. The molecule has 0 aromatic rings. The lowest BCUT2D eigenvalue weighted by Gasteiger charge is -2.25. The van der Waals surface area contributed by atoms with Crippen LogP contribution in [0.4, 0.5) is 0 Å². The largest absolute Gasteiger partial charge is 0.466 e. The molecule has 0 aromatic heterocycles. The maximum atomic E-state index is 10.8. The van der Waals surface area contributed by atoms with Crippen LogP contribution in [0.15, 0.2) is 12.2 Å². The Kier molecular flexibility index (Phi) is 5.40. The summed E-state index contributed by atoms with van der Waals surface area (Å²) >= 11 is 0. The Morgan fingerprint density at radius 1 is 1.47 bits per heavy atom. The predicted molar refractivity (Wildman–Crippen MR) is 58.4 cm³/mol. The SMILES string of the molecule is COC(=O)/C=C/C[C@@H](O)C1CCCCC1. The molecule has 0 radical (unpaired) electrons. The molecule has 3 nitrogen and oxygen atoms in total. The Hall–Kier alpha value is -0.830. The summed E-state index contributed by atoms with van der Waals surface area (Å²) in [6.45, 7) is 0. The molecule has 0 saturated heterocycles. The molecule has 15 heavy (non-hydrogen) atoms. The molecule has 0 aromatic carbocycles. The Labute approximate surface area is 91.1 Å². The minimum absolute atomic E-state index is 0.300. The van der Waals surface area contributed by atoms with Crippen molar-refractivity contribution in [2.45, 2.75) is 44.6 Å². The van der Waals surface area contributed by atoms with Gasteiger partial charge in [-0.25, -0.2) is 4.79 Å². The van der Waals surface area contributed by atoms with E-state index in [0.29, 0.717) is 12.3 Å². The smallest absolute Gasteiger partial charge is 0.330 e. The van der Waals surface area contributed by atoms with Gasteiger partial charge in [-0.2, -0.15) is 0 Å². The summed E-state index contributed by atoms with van der Waals surface area (Å²) < 4.78 is 4.47. The number of hydrogen-bond donors (Lipinski definition) is 1. The summed E-state index contributed by atoms with van der Waals surface area (Å²) in [5, 5.41) is 9.86. The molecule has 0 spiro atoms. The van der Waals surface area contributed by atoms with Crippen molar-refractivity contribution in [1.29, 1.82) is 0 Å². The summed E-state index contributed by atoms with van der Waals surface area (Å²) in [5.41, 5.74) is 0. The lowest BCUT2D eigenvalue weighted by Crippen LogP contribution is -2.22. The first-order valence-corrected chi connectivity index (χ1v) is 5.66.